The van der Waals surface area contributed by atoms with Gasteiger partial charge in [-0.15, -0.1) is 5.10 Å². The quantitative estimate of drug-likeness (QED) is 0.229. The first-order valence-electron chi connectivity index (χ1n) is 13.2. The Morgan fingerprint density at radius 2 is 1.97 bits per heavy atom. The lowest BCUT2D eigenvalue weighted by Gasteiger charge is -2.23. The molecule has 38 heavy (non-hydrogen) atoms. The van der Waals surface area contributed by atoms with Crippen molar-refractivity contribution in [1.82, 2.24) is 25.0 Å². The van der Waals surface area contributed by atoms with Gasteiger partial charge in [-0.3, -0.25) is 0 Å². The van der Waals surface area contributed by atoms with Crippen molar-refractivity contribution in [3.05, 3.63) is 35.4 Å². The number of aromatic nitrogens is 5. The molecule has 204 valence electrons. The lowest BCUT2D eigenvalue weighted by Crippen LogP contribution is -2.28. The van der Waals surface area contributed by atoms with Crippen molar-refractivity contribution in [3.8, 4) is 0 Å². The molecule has 6 rings (SSSR count). The molecule has 0 bridgehead atoms. The van der Waals surface area contributed by atoms with Crippen LogP contribution in [0, 0.1) is 17.6 Å². The number of halogens is 2. The molecule has 0 amide bonds. The van der Waals surface area contributed by atoms with Gasteiger partial charge < -0.3 is 19.9 Å². The molecule has 1 saturated heterocycles. The largest absolute Gasteiger partial charge is 0.396 e. The third-order valence-electron chi connectivity index (χ3n) is 7.62. The number of ether oxygens (including phenoxy) is 2. The van der Waals surface area contributed by atoms with Crippen LogP contribution in [0.25, 0.3) is 11.2 Å². The van der Waals surface area contributed by atoms with E-state index in [0.717, 1.165) is 30.6 Å². The van der Waals surface area contributed by atoms with Gasteiger partial charge in [0.05, 0.1) is 12.1 Å². The number of aliphatic hydroxyl groups excluding tert-OH is 1. The van der Waals surface area contributed by atoms with E-state index in [1.54, 1.807) is 22.5 Å². The number of rotatable bonds is 9. The fraction of sp³-hybridized carbons (Fsp3) is 0.615. The predicted molar refractivity (Wildman–Crippen MR) is 138 cm³/mol. The van der Waals surface area contributed by atoms with Crippen LogP contribution >= 0.6 is 11.8 Å². The maximum atomic E-state index is 13.8. The molecule has 3 aromatic rings. The Hall–Kier alpha value is -2.41. The highest BCUT2D eigenvalue weighted by Crippen LogP contribution is 2.48. The minimum Gasteiger partial charge on any atom is -0.396 e. The Kier molecular flexibility index (Phi) is 6.78. The zero-order valence-electron chi connectivity index (χ0n) is 21.6. The molecule has 1 aliphatic heterocycles. The van der Waals surface area contributed by atoms with Crippen LogP contribution in [-0.2, 0) is 9.47 Å². The molecule has 2 aliphatic carbocycles. The van der Waals surface area contributed by atoms with Gasteiger partial charge in [0.15, 0.2) is 39.6 Å². The second-order valence-corrected chi connectivity index (χ2v) is 11.9. The first-order valence-corrected chi connectivity index (χ1v) is 14.2. The number of benzene rings is 1. The summed E-state index contributed by atoms with van der Waals surface area (Å²) in [6.07, 6.45) is 2.99. The van der Waals surface area contributed by atoms with Gasteiger partial charge in [-0.25, -0.2) is 23.4 Å². The molecule has 2 N–H and O–H groups in total. The summed E-state index contributed by atoms with van der Waals surface area (Å²) in [5.41, 5.74) is 1.89. The second kappa shape index (κ2) is 9.96. The summed E-state index contributed by atoms with van der Waals surface area (Å²) in [4.78, 5) is 9.61. The average molecular weight is 547 g/mol. The van der Waals surface area contributed by atoms with Crippen molar-refractivity contribution in [3.63, 3.8) is 0 Å². The third-order valence-corrected chi connectivity index (χ3v) is 8.55. The van der Waals surface area contributed by atoms with Crippen LogP contribution in [0.5, 0.6) is 0 Å². The highest BCUT2D eigenvalue weighted by molar-refractivity contribution is 7.99. The Balaban J connectivity index is 1.31. The molecule has 12 heteroatoms. The number of hydrogen-bond acceptors (Lipinski definition) is 9. The normalized spacial score (nSPS) is 29.6. The van der Waals surface area contributed by atoms with Gasteiger partial charge in [-0.2, -0.15) is 0 Å². The molecule has 6 atom stereocenters. The number of nitrogens with zero attached hydrogens (tertiary/aromatic N) is 5. The average Bonchev–Trinajstić information content (AvgIpc) is 3.21. The smallest absolute Gasteiger partial charge is 0.191 e. The summed E-state index contributed by atoms with van der Waals surface area (Å²) < 4.78 is 41.4. The molecule has 6 unspecified atom stereocenters. The minimum atomic E-state index is -0.848. The van der Waals surface area contributed by atoms with E-state index >= 15 is 0 Å². The fourth-order valence-corrected chi connectivity index (χ4v) is 6.55. The Bertz CT molecular complexity index is 1340. The zero-order valence-corrected chi connectivity index (χ0v) is 22.4. The van der Waals surface area contributed by atoms with Crippen molar-refractivity contribution in [2.24, 2.45) is 5.92 Å². The number of hydrogen-bond donors (Lipinski definition) is 2. The van der Waals surface area contributed by atoms with Crippen LogP contribution in [0.1, 0.15) is 64.0 Å². The van der Waals surface area contributed by atoms with Crippen LogP contribution in [0.15, 0.2) is 23.4 Å². The number of unbranched alkanes of at least 4 members (excludes halogenated alkanes) is 1. The summed E-state index contributed by atoms with van der Waals surface area (Å²) >= 11 is 1.58. The van der Waals surface area contributed by atoms with Crippen LogP contribution < -0.4 is 5.32 Å². The maximum Gasteiger partial charge on any atom is 0.191 e. The summed E-state index contributed by atoms with van der Waals surface area (Å²) in [5.74, 6) is -1.00. The maximum absolute atomic E-state index is 13.8. The first-order chi connectivity index (χ1) is 18.3. The molecular weight excluding hydrogens is 514 g/mol. The van der Waals surface area contributed by atoms with Crippen LogP contribution in [-0.4, -0.2) is 66.5 Å². The number of nitrogens with one attached hydrogen (secondary N) is 1. The lowest BCUT2D eigenvalue weighted by atomic mass is 10.1. The number of thioether (sulfide) groups is 1. The van der Waals surface area contributed by atoms with Gasteiger partial charge in [0.25, 0.3) is 0 Å². The van der Waals surface area contributed by atoms with E-state index in [-0.39, 0.29) is 42.7 Å². The van der Waals surface area contributed by atoms with Crippen molar-refractivity contribution in [2.75, 3.05) is 17.7 Å². The van der Waals surface area contributed by atoms with Crippen LogP contribution in [0.2, 0.25) is 0 Å². The monoisotopic (exact) mass is 546 g/mol. The summed E-state index contributed by atoms with van der Waals surface area (Å²) in [5, 5.41) is 23.0. The first kappa shape index (κ1) is 25.8. The van der Waals surface area contributed by atoms with Crippen molar-refractivity contribution in [1.29, 1.82) is 0 Å². The van der Waals surface area contributed by atoms with Gasteiger partial charge in [0.2, 0.25) is 0 Å². The summed E-state index contributed by atoms with van der Waals surface area (Å²) in [7, 11) is 0. The van der Waals surface area contributed by atoms with Crippen molar-refractivity contribution in [2.45, 2.75) is 87.6 Å². The molecule has 3 aliphatic rings. The molecule has 3 fully saturated rings. The van der Waals surface area contributed by atoms with E-state index in [2.05, 4.69) is 22.6 Å². The molecule has 0 radical (unpaired) electrons. The van der Waals surface area contributed by atoms with Crippen molar-refractivity contribution >= 4 is 28.7 Å². The van der Waals surface area contributed by atoms with Gasteiger partial charge in [-0.1, -0.05) is 36.4 Å². The Morgan fingerprint density at radius 3 is 2.74 bits per heavy atom. The zero-order chi connectivity index (χ0) is 26.6. The molecule has 9 nitrogen and oxygen atoms in total. The summed E-state index contributed by atoms with van der Waals surface area (Å²) in [6.45, 7) is 5.89. The van der Waals surface area contributed by atoms with E-state index in [1.165, 1.54) is 12.1 Å². The Morgan fingerprint density at radius 1 is 1.16 bits per heavy atom. The molecule has 2 saturated carbocycles. The number of anilines is 1. The molecular formula is C26H32F2N6O3S. The van der Waals surface area contributed by atoms with Crippen molar-refractivity contribution < 1.29 is 23.4 Å². The SMILES string of the molecule is CCCCSc1nc(NC2CC2c2ccc(F)c(F)c2)c2nnn(C3CC(CO)C4OC(C)(C)OC43)c2n1. The Labute approximate surface area is 223 Å². The van der Waals surface area contributed by atoms with Gasteiger partial charge >= 0.3 is 0 Å². The van der Waals surface area contributed by atoms with E-state index in [4.69, 9.17) is 19.4 Å². The van der Waals surface area contributed by atoms with E-state index < -0.39 is 17.4 Å². The van der Waals surface area contributed by atoms with E-state index in [1.807, 2.05) is 13.8 Å². The van der Waals surface area contributed by atoms with Crippen LogP contribution in [0.3, 0.4) is 0 Å². The number of aliphatic hydroxyl groups is 1. The molecule has 2 aromatic heterocycles. The standard InChI is InChI=1S/C26H32F2N6O3S/c1-4-5-8-38-25-30-23(29-18-11-15(18)13-6-7-16(27)17(28)9-13)20-24(31-25)34(33-32-20)19-10-14(12-35)21-22(19)37-26(2,3)36-21/h6-7,9,14-15,18-19,21-22,35H,4-5,8,10-12H2,1-3H3,(H,29,30,31). The van der Waals surface area contributed by atoms with Gasteiger partial charge in [0.1, 0.15) is 6.10 Å². The highest BCUT2D eigenvalue weighted by atomic mass is 32.2. The highest BCUT2D eigenvalue weighted by Gasteiger charge is 2.55. The lowest BCUT2D eigenvalue weighted by molar-refractivity contribution is -0.162. The van der Waals surface area contributed by atoms with Crippen LogP contribution in [0.4, 0.5) is 14.6 Å². The van der Waals surface area contributed by atoms with Gasteiger partial charge in [-0.05, 0) is 50.8 Å². The molecule has 3 heterocycles. The minimum absolute atomic E-state index is 0.00328. The second-order valence-electron chi connectivity index (χ2n) is 10.8. The topological polar surface area (TPSA) is 107 Å². The fourth-order valence-electron chi connectivity index (χ4n) is 5.62. The van der Waals surface area contributed by atoms with E-state index in [9.17, 15) is 13.9 Å². The molecule has 0 spiro atoms. The number of fused-ring (bicyclic) bond motifs is 2. The van der Waals surface area contributed by atoms with E-state index in [0.29, 0.717) is 28.6 Å². The predicted octanol–water partition coefficient (Wildman–Crippen LogP) is 4.43. The van der Waals surface area contributed by atoms with Gasteiger partial charge in [0, 0.05) is 30.2 Å². The summed E-state index contributed by atoms with van der Waals surface area (Å²) in [6, 6.07) is 3.87. The third kappa shape index (κ3) is 4.76. The molecule has 1 aromatic carbocycles.